The number of amides is 1. The zero-order valence-corrected chi connectivity index (χ0v) is 18.0. The minimum Gasteiger partial charge on any atom is -0.508 e. The zero-order chi connectivity index (χ0) is 20.1. The second-order valence-electron chi connectivity index (χ2n) is 7.08. The molecule has 1 aliphatic heterocycles. The van der Waals surface area contributed by atoms with Gasteiger partial charge in [-0.05, 0) is 61.4 Å². The molecule has 1 unspecified atom stereocenters. The second kappa shape index (κ2) is 7.11. The Labute approximate surface area is 181 Å². The van der Waals surface area contributed by atoms with Crippen molar-refractivity contribution in [3.05, 3.63) is 86.3 Å². The van der Waals surface area contributed by atoms with Gasteiger partial charge in [-0.3, -0.25) is 9.69 Å². The number of benzene rings is 3. The number of aromatic hydroxyl groups is 1. The van der Waals surface area contributed by atoms with Crippen LogP contribution >= 0.6 is 39.1 Å². The number of rotatable bonds is 3. The quantitative estimate of drug-likeness (QED) is 0.460. The van der Waals surface area contributed by atoms with Crippen molar-refractivity contribution in [3.8, 4) is 5.75 Å². The molecule has 0 fully saturated rings. The highest BCUT2D eigenvalue weighted by Crippen LogP contribution is 2.51. The van der Waals surface area contributed by atoms with E-state index in [1.165, 1.54) is 0 Å². The molecule has 6 heteroatoms. The fourth-order valence-electron chi connectivity index (χ4n) is 3.89. The lowest BCUT2D eigenvalue weighted by atomic mass is 9.78. The molecule has 0 bridgehead atoms. The second-order valence-corrected chi connectivity index (χ2v) is 8.87. The Kier molecular flexibility index (Phi) is 4.90. The van der Waals surface area contributed by atoms with Crippen LogP contribution in [0.2, 0.25) is 10.0 Å². The van der Waals surface area contributed by atoms with E-state index in [1.54, 1.807) is 35.2 Å². The summed E-state index contributed by atoms with van der Waals surface area (Å²) in [7, 11) is 0. The third kappa shape index (κ3) is 3.20. The van der Waals surface area contributed by atoms with Crippen LogP contribution in [0.1, 0.15) is 18.1 Å². The van der Waals surface area contributed by atoms with Gasteiger partial charge in [0.05, 0.1) is 16.8 Å². The topological polar surface area (TPSA) is 40.5 Å². The van der Waals surface area contributed by atoms with Gasteiger partial charge in [0.15, 0.2) is 0 Å². The predicted octanol–water partition coefficient (Wildman–Crippen LogP) is 6.64. The number of phenolic OH excluding ortho intramolecular Hbond substituents is 1. The van der Waals surface area contributed by atoms with Crippen LogP contribution in [-0.2, 0) is 16.6 Å². The van der Waals surface area contributed by atoms with Gasteiger partial charge in [-0.2, -0.15) is 0 Å². The first-order valence-corrected chi connectivity index (χ1v) is 10.2. The van der Waals surface area contributed by atoms with E-state index in [0.29, 0.717) is 33.4 Å². The van der Waals surface area contributed by atoms with E-state index in [1.807, 2.05) is 37.3 Å². The monoisotopic (exact) mass is 475 g/mol. The first kappa shape index (κ1) is 19.3. The van der Waals surface area contributed by atoms with Gasteiger partial charge in [-0.1, -0.05) is 57.3 Å². The number of hydrogen-bond acceptors (Lipinski definition) is 2. The summed E-state index contributed by atoms with van der Waals surface area (Å²) in [4.78, 5) is 15.3. The van der Waals surface area contributed by atoms with Crippen LogP contribution in [0.3, 0.4) is 0 Å². The third-order valence-corrected chi connectivity index (χ3v) is 5.97. The summed E-state index contributed by atoms with van der Waals surface area (Å²) in [6, 6.07) is 18.0. The van der Waals surface area contributed by atoms with Crippen molar-refractivity contribution < 1.29 is 9.90 Å². The van der Waals surface area contributed by atoms with Crippen molar-refractivity contribution in [2.24, 2.45) is 0 Å². The van der Waals surface area contributed by atoms with Crippen molar-refractivity contribution >= 4 is 56.4 Å². The lowest BCUT2D eigenvalue weighted by Gasteiger charge is -2.25. The normalized spacial score (nSPS) is 18.4. The van der Waals surface area contributed by atoms with Gasteiger partial charge in [0.25, 0.3) is 0 Å². The fraction of sp³-hybridized carbons (Fsp3) is 0.136. The van der Waals surface area contributed by atoms with Crippen molar-refractivity contribution in [2.75, 3.05) is 4.90 Å². The first-order chi connectivity index (χ1) is 13.3. The van der Waals surface area contributed by atoms with Crippen molar-refractivity contribution in [1.29, 1.82) is 0 Å². The van der Waals surface area contributed by atoms with Gasteiger partial charge in [-0.25, -0.2) is 0 Å². The molecular formula is C22H16BrCl2NO2. The molecule has 0 radical (unpaired) electrons. The number of fused-ring (bicyclic) bond motifs is 1. The lowest BCUT2D eigenvalue weighted by molar-refractivity contribution is -0.122. The lowest BCUT2D eigenvalue weighted by Crippen LogP contribution is -2.37. The summed E-state index contributed by atoms with van der Waals surface area (Å²) in [5.74, 6) is -0.0405. The standard InChI is InChI=1S/C22H16BrCl2NO2/c1-22(12-13-4-2-5-14(23)8-13)20-18(6-3-7-19(20)27)26(21(22)28)17-10-15(24)9-16(25)11-17/h2-11,27H,12H2,1H3. The Morgan fingerprint density at radius 1 is 1.04 bits per heavy atom. The molecule has 4 rings (SSSR count). The summed E-state index contributed by atoms with van der Waals surface area (Å²) in [6.45, 7) is 1.86. The molecule has 1 atom stereocenters. The highest BCUT2D eigenvalue weighted by Gasteiger charge is 2.49. The number of nitrogens with zero attached hydrogens (tertiary/aromatic N) is 1. The summed E-state index contributed by atoms with van der Waals surface area (Å²) >= 11 is 15.8. The van der Waals surface area contributed by atoms with E-state index in [2.05, 4.69) is 15.9 Å². The van der Waals surface area contributed by atoms with Gasteiger partial charge in [0.2, 0.25) is 5.91 Å². The zero-order valence-electron chi connectivity index (χ0n) is 14.9. The van der Waals surface area contributed by atoms with Crippen LogP contribution in [0.4, 0.5) is 11.4 Å². The molecule has 0 saturated carbocycles. The molecule has 0 spiro atoms. The molecule has 1 heterocycles. The molecule has 0 aromatic heterocycles. The molecular weight excluding hydrogens is 461 g/mol. The minimum atomic E-state index is -0.934. The van der Waals surface area contributed by atoms with Gasteiger partial charge in [0.1, 0.15) is 5.75 Å². The molecule has 0 aliphatic carbocycles. The molecule has 142 valence electrons. The maximum Gasteiger partial charge on any atom is 0.242 e. The summed E-state index contributed by atoms with van der Waals surface area (Å²) in [5.41, 5.74) is 1.88. The van der Waals surface area contributed by atoms with Gasteiger partial charge in [0, 0.05) is 20.1 Å². The summed E-state index contributed by atoms with van der Waals surface area (Å²) in [5, 5.41) is 11.5. The average Bonchev–Trinajstić information content (AvgIpc) is 2.82. The molecule has 1 aliphatic rings. The van der Waals surface area contributed by atoms with Gasteiger partial charge < -0.3 is 5.11 Å². The number of halogens is 3. The number of hydrogen-bond donors (Lipinski definition) is 1. The van der Waals surface area contributed by atoms with Crippen LogP contribution in [-0.4, -0.2) is 11.0 Å². The molecule has 3 nitrogen and oxygen atoms in total. The smallest absolute Gasteiger partial charge is 0.242 e. The van der Waals surface area contributed by atoms with Crippen LogP contribution in [0.25, 0.3) is 0 Å². The molecule has 1 amide bonds. The Morgan fingerprint density at radius 3 is 2.39 bits per heavy atom. The highest BCUT2D eigenvalue weighted by atomic mass is 79.9. The van der Waals surface area contributed by atoms with Crippen LogP contribution in [0, 0.1) is 0 Å². The van der Waals surface area contributed by atoms with Gasteiger partial charge >= 0.3 is 0 Å². The van der Waals surface area contributed by atoms with E-state index in [9.17, 15) is 9.90 Å². The molecule has 3 aromatic carbocycles. The minimum absolute atomic E-state index is 0.0963. The Bertz CT molecular complexity index is 1080. The average molecular weight is 477 g/mol. The number of anilines is 2. The van der Waals surface area contributed by atoms with Crippen molar-refractivity contribution in [2.45, 2.75) is 18.8 Å². The highest BCUT2D eigenvalue weighted by molar-refractivity contribution is 9.10. The number of phenols is 1. The van der Waals surface area contributed by atoms with E-state index in [4.69, 9.17) is 23.2 Å². The Balaban J connectivity index is 1.89. The fourth-order valence-corrected chi connectivity index (χ4v) is 4.85. The van der Waals surface area contributed by atoms with Crippen LogP contribution < -0.4 is 4.90 Å². The van der Waals surface area contributed by atoms with E-state index < -0.39 is 5.41 Å². The summed E-state index contributed by atoms with van der Waals surface area (Å²) < 4.78 is 0.940. The maximum absolute atomic E-state index is 13.7. The van der Waals surface area contributed by atoms with Crippen molar-refractivity contribution in [1.82, 2.24) is 0 Å². The van der Waals surface area contributed by atoms with Crippen LogP contribution in [0.15, 0.2) is 65.1 Å². The van der Waals surface area contributed by atoms with Crippen molar-refractivity contribution in [3.63, 3.8) is 0 Å². The van der Waals surface area contributed by atoms with E-state index in [-0.39, 0.29) is 11.7 Å². The Morgan fingerprint density at radius 2 is 1.71 bits per heavy atom. The molecule has 0 saturated heterocycles. The molecule has 28 heavy (non-hydrogen) atoms. The van der Waals surface area contributed by atoms with E-state index in [0.717, 1.165) is 10.0 Å². The van der Waals surface area contributed by atoms with E-state index >= 15 is 0 Å². The van der Waals surface area contributed by atoms with Gasteiger partial charge in [-0.15, -0.1) is 0 Å². The maximum atomic E-state index is 13.7. The number of carbonyl (C=O) groups is 1. The largest absolute Gasteiger partial charge is 0.508 e. The third-order valence-electron chi connectivity index (χ3n) is 5.04. The Hall–Kier alpha value is -2.01. The SMILES string of the molecule is CC1(Cc2cccc(Br)c2)C(=O)N(c2cc(Cl)cc(Cl)c2)c2cccc(O)c21. The summed E-state index contributed by atoms with van der Waals surface area (Å²) in [6.07, 6.45) is 0.445. The van der Waals surface area contributed by atoms with Crippen LogP contribution in [0.5, 0.6) is 5.75 Å². The predicted molar refractivity (Wildman–Crippen MR) is 117 cm³/mol. The number of carbonyl (C=O) groups excluding carboxylic acids is 1. The molecule has 1 N–H and O–H groups in total. The first-order valence-electron chi connectivity index (χ1n) is 8.67. The molecule has 3 aromatic rings.